The number of nitrogens with one attached hydrogen (secondary N) is 1. The highest BCUT2D eigenvalue weighted by Crippen LogP contribution is 2.44. The third-order valence-corrected chi connectivity index (χ3v) is 6.15. The van der Waals surface area contributed by atoms with Crippen molar-refractivity contribution in [1.82, 2.24) is 14.9 Å². The second-order valence-electron chi connectivity index (χ2n) is 7.77. The predicted molar refractivity (Wildman–Crippen MR) is 109 cm³/mol. The van der Waals surface area contributed by atoms with Gasteiger partial charge in [0.2, 0.25) is 0 Å². The average Bonchev–Trinajstić information content (AvgIpc) is 3.49. The minimum atomic E-state index is -0.927. The van der Waals surface area contributed by atoms with Crippen LogP contribution in [-0.2, 0) is 9.53 Å². The van der Waals surface area contributed by atoms with Crippen LogP contribution in [0.5, 0.6) is 0 Å². The number of rotatable bonds is 4. The fourth-order valence-corrected chi connectivity index (χ4v) is 4.67. The standard InChI is InChI=1S/C23H21N3O4/c27-22(28)19-11-26(10-18(19)21-9-24-13-25-21)23(29)30-12-20-16-7-3-1-5-14(16)15-6-2-4-8-17(15)20/h1-9,13,18-20H,10-12H2,(H,24,25)(H,27,28). The number of carboxylic acid groups (broad SMARTS) is 1. The number of hydrogen-bond donors (Lipinski definition) is 2. The summed E-state index contributed by atoms with van der Waals surface area (Å²) in [5.74, 6) is -1.97. The van der Waals surface area contributed by atoms with E-state index in [1.807, 2.05) is 24.3 Å². The van der Waals surface area contributed by atoms with Crippen molar-refractivity contribution in [2.45, 2.75) is 11.8 Å². The second-order valence-corrected chi connectivity index (χ2v) is 7.77. The summed E-state index contributed by atoms with van der Waals surface area (Å²) in [6.45, 7) is 0.626. The number of imidazole rings is 1. The number of benzene rings is 2. The number of carboxylic acids is 1. The Morgan fingerprint density at radius 1 is 1.07 bits per heavy atom. The van der Waals surface area contributed by atoms with Crippen LogP contribution in [0.1, 0.15) is 28.7 Å². The quantitative estimate of drug-likeness (QED) is 0.696. The lowest BCUT2D eigenvalue weighted by Crippen LogP contribution is -2.31. The van der Waals surface area contributed by atoms with Crippen LogP contribution >= 0.6 is 0 Å². The van der Waals surface area contributed by atoms with E-state index in [1.165, 1.54) is 22.4 Å². The van der Waals surface area contributed by atoms with E-state index in [0.29, 0.717) is 0 Å². The van der Waals surface area contributed by atoms with Crippen LogP contribution in [0.4, 0.5) is 4.79 Å². The van der Waals surface area contributed by atoms with Crippen molar-refractivity contribution in [1.29, 1.82) is 0 Å². The van der Waals surface area contributed by atoms with Crippen molar-refractivity contribution in [3.8, 4) is 11.1 Å². The van der Waals surface area contributed by atoms with Crippen molar-refractivity contribution >= 4 is 12.1 Å². The number of H-pyrrole nitrogens is 1. The second kappa shape index (κ2) is 7.33. The first kappa shape index (κ1) is 18.4. The molecule has 1 fully saturated rings. The molecule has 1 amide bonds. The largest absolute Gasteiger partial charge is 0.481 e. The van der Waals surface area contributed by atoms with Gasteiger partial charge >= 0.3 is 12.1 Å². The van der Waals surface area contributed by atoms with Gasteiger partial charge in [0, 0.05) is 36.8 Å². The molecule has 152 valence electrons. The highest BCUT2D eigenvalue weighted by molar-refractivity contribution is 5.79. The normalized spacial score (nSPS) is 20.1. The number of nitrogens with zero attached hydrogens (tertiary/aromatic N) is 2. The fourth-order valence-electron chi connectivity index (χ4n) is 4.67. The zero-order valence-electron chi connectivity index (χ0n) is 16.2. The molecule has 2 atom stereocenters. The van der Waals surface area contributed by atoms with Gasteiger partial charge in [0.15, 0.2) is 0 Å². The van der Waals surface area contributed by atoms with Gasteiger partial charge in [-0.05, 0) is 22.3 Å². The molecular formula is C23H21N3O4. The lowest BCUT2D eigenvalue weighted by molar-refractivity contribution is -0.141. The van der Waals surface area contributed by atoms with Crippen LogP contribution in [0.3, 0.4) is 0 Å². The summed E-state index contributed by atoms with van der Waals surface area (Å²) >= 11 is 0. The molecule has 3 aromatic rings. The number of likely N-dealkylation sites (tertiary alicyclic amines) is 1. The molecule has 0 saturated carbocycles. The van der Waals surface area contributed by atoms with Crippen LogP contribution in [0.15, 0.2) is 61.1 Å². The Hall–Kier alpha value is -3.61. The Morgan fingerprint density at radius 3 is 2.33 bits per heavy atom. The van der Waals surface area contributed by atoms with Gasteiger partial charge in [-0.15, -0.1) is 0 Å². The number of aliphatic carboxylic acids is 1. The first-order valence-electron chi connectivity index (χ1n) is 9.94. The van der Waals surface area contributed by atoms with Crippen LogP contribution in [0, 0.1) is 5.92 Å². The van der Waals surface area contributed by atoms with Crippen molar-refractivity contribution in [3.05, 3.63) is 77.9 Å². The van der Waals surface area contributed by atoms with Crippen LogP contribution in [-0.4, -0.2) is 51.7 Å². The summed E-state index contributed by atoms with van der Waals surface area (Å²) < 4.78 is 5.69. The van der Waals surface area contributed by atoms with Crippen molar-refractivity contribution < 1.29 is 19.4 Å². The summed E-state index contributed by atoms with van der Waals surface area (Å²) in [5.41, 5.74) is 5.34. The summed E-state index contributed by atoms with van der Waals surface area (Å²) in [5, 5.41) is 9.59. The summed E-state index contributed by atoms with van der Waals surface area (Å²) in [4.78, 5) is 32.9. The van der Waals surface area contributed by atoms with Gasteiger partial charge in [-0.25, -0.2) is 9.78 Å². The molecule has 5 rings (SSSR count). The Morgan fingerprint density at radius 2 is 1.73 bits per heavy atom. The average molecular weight is 403 g/mol. The third kappa shape index (κ3) is 3.03. The summed E-state index contributed by atoms with van der Waals surface area (Å²) in [7, 11) is 0. The molecule has 2 N–H and O–H groups in total. The van der Waals surface area contributed by atoms with Gasteiger partial charge in [0.25, 0.3) is 0 Å². The Balaban J connectivity index is 1.32. The van der Waals surface area contributed by atoms with Crippen molar-refractivity contribution in [3.63, 3.8) is 0 Å². The maximum absolute atomic E-state index is 12.8. The van der Waals surface area contributed by atoms with E-state index in [9.17, 15) is 14.7 Å². The molecule has 2 aliphatic rings. The molecule has 0 radical (unpaired) electrons. The number of hydrogen-bond acceptors (Lipinski definition) is 4. The van der Waals surface area contributed by atoms with Crippen molar-refractivity contribution in [2.24, 2.45) is 5.92 Å². The number of carbonyl (C=O) groups is 2. The molecule has 7 nitrogen and oxygen atoms in total. The zero-order valence-corrected chi connectivity index (χ0v) is 16.2. The SMILES string of the molecule is O=C(O)C1CN(C(=O)OCC2c3ccccc3-c3ccccc32)CC1c1cnc[nH]1. The smallest absolute Gasteiger partial charge is 0.409 e. The number of aromatic amines is 1. The number of fused-ring (bicyclic) bond motifs is 3. The van der Waals surface area contributed by atoms with E-state index in [1.54, 1.807) is 6.20 Å². The van der Waals surface area contributed by atoms with E-state index in [4.69, 9.17) is 4.74 Å². The van der Waals surface area contributed by atoms with E-state index < -0.39 is 18.0 Å². The van der Waals surface area contributed by atoms with Crippen molar-refractivity contribution in [2.75, 3.05) is 19.7 Å². The minimum absolute atomic E-state index is 0.0253. The molecule has 1 aromatic heterocycles. The first-order valence-corrected chi connectivity index (χ1v) is 9.94. The number of aromatic nitrogens is 2. The van der Waals surface area contributed by atoms with E-state index >= 15 is 0 Å². The number of carbonyl (C=O) groups excluding carboxylic acids is 1. The van der Waals surface area contributed by atoms with E-state index in [2.05, 4.69) is 34.2 Å². The maximum Gasteiger partial charge on any atom is 0.409 e. The molecule has 2 heterocycles. The monoisotopic (exact) mass is 403 g/mol. The lowest BCUT2D eigenvalue weighted by Gasteiger charge is -2.19. The summed E-state index contributed by atoms with van der Waals surface area (Å²) in [6.07, 6.45) is 2.65. The Bertz CT molecular complexity index is 1050. The van der Waals surface area contributed by atoms with Crippen LogP contribution in [0.2, 0.25) is 0 Å². The highest BCUT2D eigenvalue weighted by Gasteiger charge is 2.42. The highest BCUT2D eigenvalue weighted by atomic mass is 16.6. The zero-order chi connectivity index (χ0) is 20.7. The molecule has 1 saturated heterocycles. The molecule has 1 aliphatic heterocycles. The van der Waals surface area contributed by atoms with Gasteiger partial charge in [-0.1, -0.05) is 48.5 Å². The molecule has 1 aliphatic carbocycles. The van der Waals surface area contributed by atoms with E-state index in [0.717, 1.165) is 16.8 Å². The Labute approximate surface area is 173 Å². The molecule has 30 heavy (non-hydrogen) atoms. The predicted octanol–water partition coefficient (Wildman–Crippen LogP) is 3.46. The van der Waals surface area contributed by atoms with Gasteiger partial charge in [-0.2, -0.15) is 0 Å². The fraction of sp³-hybridized carbons (Fsp3) is 0.261. The third-order valence-electron chi connectivity index (χ3n) is 6.15. The maximum atomic E-state index is 12.8. The Kier molecular flexibility index (Phi) is 4.50. The molecule has 2 aromatic carbocycles. The molecule has 2 unspecified atom stereocenters. The van der Waals surface area contributed by atoms with Crippen LogP contribution < -0.4 is 0 Å². The molecular weight excluding hydrogens is 382 g/mol. The number of amides is 1. The number of ether oxygens (including phenoxy) is 1. The summed E-state index contributed by atoms with van der Waals surface area (Å²) in [6, 6.07) is 16.3. The molecule has 7 heteroatoms. The molecule has 0 bridgehead atoms. The van der Waals surface area contributed by atoms with E-state index in [-0.39, 0.29) is 31.5 Å². The van der Waals surface area contributed by atoms with Gasteiger partial charge in [0.1, 0.15) is 6.61 Å². The van der Waals surface area contributed by atoms with Gasteiger partial charge < -0.3 is 19.7 Å². The van der Waals surface area contributed by atoms with Gasteiger partial charge in [0.05, 0.1) is 12.2 Å². The minimum Gasteiger partial charge on any atom is -0.481 e. The topological polar surface area (TPSA) is 95.5 Å². The van der Waals surface area contributed by atoms with Crippen LogP contribution in [0.25, 0.3) is 11.1 Å². The van der Waals surface area contributed by atoms with Gasteiger partial charge in [-0.3, -0.25) is 4.79 Å². The molecule has 0 spiro atoms. The first-order chi connectivity index (χ1) is 14.6. The lowest BCUT2D eigenvalue weighted by atomic mass is 9.94.